The van der Waals surface area contributed by atoms with Crippen molar-refractivity contribution in [3.05, 3.63) is 0 Å². The minimum atomic E-state index is -0.915. The topological polar surface area (TPSA) is 46.2 Å². The molecule has 0 saturated heterocycles. The Morgan fingerprint density at radius 2 is 1.69 bits per heavy atom. The van der Waals surface area contributed by atoms with E-state index >= 15 is 0 Å². The normalized spacial score (nSPS) is 9.94. The largest absolute Gasteiger partial charge is 0.696 e. The van der Waals surface area contributed by atoms with Gasteiger partial charge in [0.2, 0.25) is 0 Å². The SMILES string of the molecule is CCOOB(OCC)OOCCSCC.[B]. The second-order valence-electron chi connectivity index (χ2n) is 2.36. The third kappa shape index (κ3) is 12.3. The summed E-state index contributed by atoms with van der Waals surface area (Å²) in [5.74, 6) is 1.94. The number of rotatable bonds is 11. The number of thioether (sulfide) groups is 1. The van der Waals surface area contributed by atoms with Gasteiger partial charge in [-0.05, 0) is 19.6 Å². The van der Waals surface area contributed by atoms with E-state index in [1.807, 2.05) is 13.8 Å². The fourth-order valence-electron chi connectivity index (χ4n) is 0.672. The van der Waals surface area contributed by atoms with E-state index in [1.165, 1.54) is 0 Å². The van der Waals surface area contributed by atoms with Crippen molar-refractivity contribution >= 4 is 27.5 Å². The van der Waals surface area contributed by atoms with E-state index in [-0.39, 0.29) is 8.41 Å². The monoisotopic (exact) mass is 249 g/mol. The highest BCUT2D eigenvalue weighted by atomic mass is 32.2. The molecule has 3 radical (unpaired) electrons. The lowest BCUT2D eigenvalue weighted by Gasteiger charge is -2.10. The molecule has 0 amide bonds. The van der Waals surface area contributed by atoms with Crippen LogP contribution in [0.3, 0.4) is 0 Å². The van der Waals surface area contributed by atoms with Gasteiger partial charge < -0.3 is 4.65 Å². The zero-order chi connectivity index (χ0) is 11.4. The smallest absolute Gasteiger partial charge is 0.383 e. The quantitative estimate of drug-likeness (QED) is 0.238. The summed E-state index contributed by atoms with van der Waals surface area (Å²) in [6, 6.07) is 0. The lowest BCUT2D eigenvalue weighted by atomic mass is 10.2. The molecule has 0 aromatic heterocycles. The van der Waals surface area contributed by atoms with Crippen LogP contribution in [0.1, 0.15) is 20.8 Å². The molecular formula is C8H19B2O5S. The first kappa shape index (κ1) is 18.6. The van der Waals surface area contributed by atoms with E-state index in [4.69, 9.17) is 24.0 Å². The van der Waals surface area contributed by atoms with Crippen molar-refractivity contribution < 1.29 is 24.0 Å². The predicted molar refractivity (Wildman–Crippen MR) is 65.9 cm³/mol. The Labute approximate surface area is 104 Å². The van der Waals surface area contributed by atoms with E-state index in [0.717, 1.165) is 11.5 Å². The van der Waals surface area contributed by atoms with Gasteiger partial charge >= 0.3 is 7.32 Å². The van der Waals surface area contributed by atoms with Gasteiger partial charge in [-0.15, -0.1) is 0 Å². The molecule has 8 heteroatoms. The fourth-order valence-corrected chi connectivity index (χ4v) is 1.15. The van der Waals surface area contributed by atoms with Gasteiger partial charge in [0.25, 0.3) is 0 Å². The molecule has 0 aromatic rings. The molecule has 0 fully saturated rings. The molecule has 0 N–H and O–H groups in total. The first-order valence-electron chi connectivity index (χ1n) is 5.11. The second kappa shape index (κ2) is 15.3. The van der Waals surface area contributed by atoms with Gasteiger partial charge in [-0.25, -0.2) is 19.4 Å². The van der Waals surface area contributed by atoms with Crippen LogP contribution in [0.4, 0.5) is 0 Å². The summed E-state index contributed by atoms with van der Waals surface area (Å²) in [4.78, 5) is 19.2. The Morgan fingerprint density at radius 1 is 1.00 bits per heavy atom. The van der Waals surface area contributed by atoms with Crippen LogP contribution < -0.4 is 0 Å². The zero-order valence-electron chi connectivity index (χ0n) is 10.1. The van der Waals surface area contributed by atoms with Crippen molar-refractivity contribution in [1.29, 1.82) is 0 Å². The molecule has 0 aromatic carbocycles. The molecule has 93 valence electrons. The molecule has 5 nitrogen and oxygen atoms in total. The first-order valence-corrected chi connectivity index (χ1v) is 6.26. The average Bonchev–Trinajstić information content (AvgIpc) is 2.25. The number of hydrogen-bond donors (Lipinski definition) is 0. The van der Waals surface area contributed by atoms with Crippen LogP contribution in [0.15, 0.2) is 0 Å². The van der Waals surface area contributed by atoms with Crippen LogP contribution in [0.25, 0.3) is 0 Å². The molecule has 0 atom stereocenters. The predicted octanol–water partition coefficient (Wildman–Crippen LogP) is 1.30. The molecule has 0 bridgehead atoms. The second-order valence-corrected chi connectivity index (χ2v) is 3.76. The highest BCUT2D eigenvalue weighted by Crippen LogP contribution is 1.99. The van der Waals surface area contributed by atoms with Crippen molar-refractivity contribution in [2.24, 2.45) is 0 Å². The molecular weight excluding hydrogens is 230 g/mol. The Hall–Kier alpha value is 0.280. The lowest BCUT2D eigenvalue weighted by Crippen LogP contribution is -2.28. The summed E-state index contributed by atoms with van der Waals surface area (Å²) in [6.07, 6.45) is 0. The third-order valence-electron chi connectivity index (χ3n) is 1.23. The van der Waals surface area contributed by atoms with Gasteiger partial charge in [-0.1, -0.05) is 6.92 Å². The molecule has 0 aliphatic rings. The van der Waals surface area contributed by atoms with Gasteiger partial charge in [-0.2, -0.15) is 11.8 Å². The van der Waals surface area contributed by atoms with Crippen LogP contribution >= 0.6 is 11.8 Å². The minimum absolute atomic E-state index is 0. The summed E-state index contributed by atoms with van der Waals surface area (Å²) in [5, 5.41) is 0. The van der Waals surface area contributed by atoms with Gasteiger partial charge in [0, 0.05) is 20.8 Å². The van der Waals surface area contributed by atoms with E-state index in [2.05, 4.69) is 6.92 Å². The Balaban J connectivity index is 0. The van der Waals surface area contributed by atoms with E-state index in [1.54, 1.807) is 11.8 Å². The third-order valence-corrected chi connectivity index (χ3v) is 2.09. The van der Waals surface area contributed by atoms with Crippen LogP contribution in [-0.2, 0) is 24.0 Å². The summed E-state index contributed by atoms with van der Waals surface area (Å²) >= 11 is 1.77. The maximum absolute atomic E-state index is 5.05. The van der Waals surface area contributed by atoms with E-state index in [9.17, 15) is 0 Å². The summed E-state index contributed by atoms with van der Waals surface area (Å²) in [6.45, 7) is 7.12. The van der Waals surface area contributed by atoms with Gasteiger partial charge in [0.15, 0.2) is 0 Å². The maximum Gasteiger partial charge on any atom is 0.696 e. The van der Waals surface area contributed by atoms with Gasteiger partial charge in [0.1, 0.15) is 0 Å². The zero-order valence-corrected chi connectivity index (χ0v) is 11.0. The molecule has 0 aliphatic carbocycles. The fraction of sp³-hybridized carbons (Fsp3) is 1.00. The summed E-state index contributed by atoms with van der Waals surface area (Å²) in [7, 11) is -0.915. The highest BCUT2D eigenvalue weighted by Gasteiger charge is 2.23. The molecule has 0 heterocycles. The summed E-state index contributed by atoms with van der Waals surface area (Å²) in [5.41, 5.74) is 0. The molecule has 0 aliphatic heterocycles. The van der Waals surface area contributed by atoms with Crippen molar-refractivity contribution in [2.75, 3.05) is 31.3 Å². The number of hydrogen-bond acceptors (Lipinski definition) is 6. The van der Waals surface area contributed by atoms with Crippen LogP contribution in [-0.4, -0.2) is 47.1 Å². The molecule has 0 unspecified atom stereocenters. The standard InChI is InChI=1S/C8H19BO5S.B/c1-4-10-9(13-11-5-2)14-12-7-8-15-6-3;/h4-8H2,1-3H3;. The molecule has 0 saturated carbocycles. The lowest BCUT2D eigenvalue weighted by molar-refractivity contribution is -0.297. The van der Waals surface area contributed by atoms with Crippen molar-refractivity contribution in [1.82, 2.24) is 0 Å². The van der Waals surface area contributed by atoms with Crippen LogP contribution in [0.2, 0.25) is 0 Å². The van der Waals surface area contributed by atoms with Crippen molar-refractivity contribution in [3.63, 3.8) is 0 Å². The van der Waals surface area contributed by atoms with Gasteiger partial charge in [-0.3, -0.25) is 0 Å². The van der Waals surface area contributed by atoms with E-state index < -0.39 is 7.32 Å². The Bertz CT molecular complexity index is 133. The Morgan fingerprint density at radius 3 is 2.25 bits per heavy atom. The van der Waals surface area contributed by atoms with Gasteiger partial charge in [0.05, 0.1) is 13.2 Å². The first-order chi connectivity index (χ1) is 7.35. The Kier molecular flexibility index (Phi) is 17.8. The minimum Gasteiger partial charge on any atom is -0.383 e. The molecule has 0 rings (SSSR count). The highest BCUT2D eigenvalue weighted by molar-refractivity contribution is 7.99. The molecule has 16 heavy (non-hydrogen) atoms. The van der Waals surface area contributed by atoms with Crippen molar-refractivity contribution in [3.8, 4) is 0 Å². The van der Waals surface area contributed by atoms with Crippen molar-refractivity contribution in [2.45, 2.75) is 20.8 Å². The summed E-state index contributed by atoms with van der Waals surface area (Å²) < 4.78 is 5.05. The molecule has 0 spiro atoms. The van der Waals surface area contributed by atoms with Crippen LogP contribution in [0, 0.1) is 0 Å². The maximum atomic E-state index is 5.05. The van der Waals surface area contributed by atoms with E-state index in [0.29, 0.717) is 19.8 Å². The average molecular weight is 249 g/mol. The van der Waals surface area contributed by atoms with Crippen LogP contribution in [0.5, 0.6) is 0 Å².